The molecule has 0 spiro atoms. The molecule has 4 rings (SSSR count). The topological polar surface area (TPSA) is 81.2 Å². The highest BCUT2D eigenvalue weighted by Gasteiger charge is 2.36. The zero-order valence-corrected chi connectivity index (χ0v) is 25.4. The summed E-state index contributed by atoms with van der Waals surface area (Å²) in [6.45, 7) is 10.5. The Bertz CT molecular complexity index is 1460. The maximum Gasteiger partial charge on any atom is 0.325 e. The van der Waals surface area contributed by atoms with Crippen molar-refractivity contribution in [2.24, 2.45) is 0 Å². The van der Waals surface area contributed by atoms with E-state index in [1.165, 1.54) is 30.3 Å². The summed E-state index contributed by atoms with van der Waals surface area (Å²) in [5, 5.41) is -0.682. The normalized spacial score (nSPS) is 12.3. The van der Waals surface area contributed by atoms with Gasteiger partial charge in [0.2, 0.25) is 0 Å². The van der Waals surface area contributed by atoms with Gasteiger partial charge in [0.05, 0.1) is 11.5 Å². The highest BCUT2D eigenvalue weighted by atomic mass is 32.2. The van der Waals surface area contributed by atoms with Gasteiger partial charge in [-0.2, -0.15) is 0 Å². The first-order chi connectivity index (χ1) is 18.7. The van der Waals surface area contributed by atoms with Crippen LogP contribution < -0.4 is 0 Å². The number of H-pyrrole nitrogens is 1. The monoisotopic (exact) mass is 570 g/mol. The van der Waals surface area contributed by atoms with Crippen molar-refractivity contribution in [1.29, 1.82) is 0 Å². The van der Waals surface area contributed by atoms with Crippen LogP contribution >= 0.6 is 0 Å². The number of nitrogens with zero attached hydrogens (tertiary/aromatic N) is 1. The average molecular weight is 571 g/mol. The van der Waals surface area contributed by atoms with Gasteiger partial charge in [0.25, 0.3) is 0 Å². The first kappa shape index (κ1) is 30.4. The third-order valence-electron chi connectivity index (χ3n) is 7.21. The van der Waals surface area contributed by atoms with Crippen LogP contribution in [0.15, 0.2) is 71.8 Å². The molecule has 0 radical (unpaired) electrons. The maximum absolute atomic E-state index is 14.3. The molecule has 0 aliphatic carbocycles. The number of esters is 1. The summed E-state index contributed by atoms with van der Waals surface area (Å²) in [7, 11) is -4.08. The van der Waals surface area contributed by atoms with Gasteiger partial charge in [0, 0.05) is 42.8 Å². The molecule has 39 heavy (non-hydrogen) atoms. The Morgan fingerprint density at radius 2 is 1.67 bits per heavy atom. The second-order valence-corrected chi connectivity index (χ2v) is 15.7. The van der Waals surface area contributed by atoms with Crippen LogP contribution in [0, 0.1) is 12.7 Å². The smallest absolute Gasteiger partial charge is 0.325 e. The van der Waals surface area contributed by atoms with Gasteiger partial charge in [0.1, 0.15) is 17.6 Å². The number of hydrogen-bond donors (Lipinski definition) is 1. The van der Waals surface area contributed by atoms with Crippen LogP contribution in [-0.2, 0) is 25.9 Å². The molecule has 1 N–H and O–H groups in total. The molecule has 0 bridgehead atoms. The number of aromatic amines is 1. The predicted octanol–water partition coefficient (Wildman–Crippen LogP) is 6.82. The summed E-state index contributed by atoms with van der Waals surface area (Å²) in [4.78, 5) is 15.4. The Balaban J connectivity index is 0.000000532. The molecule has 0 amide bonds. The van der Waals surface area contributed by atoms with Crippen molar-refractivity contribution in [3.8, 4) is 0 Å². The minimum Gasteiger partial charge on any atom is -0.465 e. The summed E-state index contributed by atoms with van der Waals surface area (Å²) in [6, 6.07) is 20.2. The van der Waals surface area contributed by atoms with E-state index in [1.807, 2.05) is 0 Å². The molecule has 0 aliphatic heterocycles. The van der Waals surface area contributed by atoms with E-state index < -0.39 is 26.9 Å². The number of carbonyl (C=O) groups excluding carboxylic acids is 1. The number of sulfone groups is 1. The molecular weight excluding hydrogens is 531 g/mol. The van der Waals surface area contributed by atoms with Crippen molar-refractivity contribution in [2.75, 3.05) is 6.61 Å². The summed E-state index contributed by atoms with van der Waals surface area (Å²) in [5.41, 5.74) is 2.00. The van der Waals surface area contributed by atoms with Crippen molar-refractivity contribution in [3.63, 3.8) is 0 Å². The van der Waals surface area contributed by atoms with E-state index in [0.29, 0.717) is 27.9 Å². The lowest BCUT2D eigenvalue weighted by atomic mass is 10.1. The number of aromatic nitrogens is 2. The first-order valence-corrected chi connectivity index (χ1v) is 17.5. The Morgan fingerprint density at radius 1 is 1.00 bits per heavy atom. The van der Waals surface area contributed by atoms with Gasteiger partial charge < -0.3 is 14.3 Å². The Kier molecular flexibility index (Phi) is 10.7. The lowest BCUT2D eigenvalue weighted by Gasteiger charge is -2.18. The maximum atomic E-state index is 14.3. The number of ether oxygens (including phenoxy) is 1. The van der Waals surface area contributed by atoms with Crippen LogP contribution in [0.1, 0.15) is 49.9 Å². The Labute approximate surface area is 232 Å². The summed E-state index contributed by atoms with van der Waals surface area (Å²) in [5.74, 6) is -0.944. The van der Waals surface area contributed by atoms with Gasteiger partial charge in [-0.25, -0.2) is 12.8 Å². The van der Waals surface area contributed by atoms with E-state index in [1.54, 1.807) is 73.1 Å². The van der Waals surface area contributed by atoms with E-state index in [-0.39, 0.29) is 26.8 Å². The molecule has 2 aromatic carbocycles. The fourth-order valence-corrected chi connectivity index (χ4v) is 8.58. The molecule has 6 nitrogen and oxygen atoms in total. The van der Waals surface area contributed by atoms with Crippen LogP contribution in [-0.4, -0.2) is 39.3 Å². The lowest BCUT2D eigenvalue weighted by molar-refractivity contribution is -0.143. The van der Waals surface area contributed by atoms with E-state index >= 15 is 0 Å². The SMILES string of the molecule is CCOC(=O)Cn1c(C)c(C(c2ccc[nH]2)S(=O)(=O)c2ccccc2)c2cc(F)ccc21.CC[SiH](CC)CC. The highest BCUT2D eigenvalue weighted by Crippen LogP contribution is 2.41. The second kappa shape index (κ2) is 13.8. The molecule has 0 saturated heterocycles. The number of nitrogens with one attached hydrogen (secondary N) is 1. The van der Waals surface area contributed by atoms with E-state index in [0.717, 1.165) is 0 Å². The molecule has 0 aliphatic rings. The van der Waals surface area contributed by atoms with E-state index in [9.17, 15) is 17.6 Å². The third-order valence-corrected chi connectivity index (χ3v) is 12.7. The predicted molar refractivity (Wildman–Crippen MR) is 158 cm³/mol. The van der Waals surface area contributed by atoms with Crippen molar-refractivity contribution < 1.29 is 22.3 Å². The minimum atomic E-state index is -3.91. The summed E-state index contributed by atoms with van der Waals surface area (Å²) >= 11 is 0. The van der Waals surface area contributed by atoms with Gasteiger partial charge in [-0.05, 0) is 56.3 Å². The highest BCUT2D eigenvalue weighted by molar-refractivity contribution is 7.92. The number of benzene rings is 2. The van der Waals surface area contributed by atoms with Crippen molar-refractivity contribution >= 4 is 35.5 Å². The molecule has 1 unspecified atom stereocenters. The standard InChI is InChI=1S/C24H23FN2O4S.C6H16Si/c1-3-31-22(28)15-27-16(2)23(19-14-17(25)11-12-21(19)27)24(20-10-7-13-26-20)32(29,30)18-8-5-4-6-9-18;1-4-7(5-2)6-3/h4-14,24,26H,3,15H2,1-2H3;7H,4-6H2,1-3H3. The fraction of sp³-hybridized carbons (Fsp3) is 0.367. The van der Waals surface area contributed by atoms with Crippen LogP contribution in [0.4, 0.5) is 4.39 Å². The Morgan fingerprint density at radius 3 is 2.21 bits per heavy atom. The van der Waals surface area contributed by atoms with Crippen LogP contribution in [0.25, 0.3) is 10.9 Å². The largest absolute Gasteiger partial charge is 0.465 e. The quantitative estimate of drug-likeness (QED) is 0.168. The molecule has 0 fully saturated rings. The number of rotatable bonds is 10. The summed E-state index contributed by atoms with van der Waals surface area (Å²) in [6.07, 6.45) is 1.65. The number of hydrogen-bond acceptors (Lipinski definition) is 4. The van der Waals surface area contributed by atoms with E-state index in [2.05, 4.69) is 25.8 Å². The van der Waals surface area contributed by atoms with Crippen molar-refractivity contribution in [1.82, 2.24) is 9.55 Å². The van der Waals surface area contributed by atoms with Crippen LogP contribution in [0.5, 0.6) is 0 Å². The van der Waals surface area contributed by atoms with Crippen LogP contribution in [0.3, 0.4) is 0 Å². The second-order valence-electron chi connectivity index (χ2n) is 9.51. The molecule has 9 heteroatoms. The first-order valence-electron chi connectivity index (χ1n) is 13.5. The Hall–Kier alpha value is -3.17. The fourth-order valence-electron chi connectivity index (χ4n) is 4.95. The molecule has 210 valence electrons. The molecule has 2 aromatic heterocycles. The number of carbonyl (C=O) groups is 1. The number of halogens is 1. The summed E-state index contributed by atoms with van der Waals surface area (Å²) < 4.78 is 48.7. The van der Waals surface area contributed by atoms with Gasteiger partial charge in [0.15, 0.2) is 9.84 Å². The van der Waals surface area contributed by atoms with Crippen LogP contribution in [0.2, 0.25) is 18.1 Å². The zero-order valence-electron chi connectivity index (χ0n) is 23.4. The lowest BCUT2D eigenvalue weighted by Crippen LogP contribution is -2.18. The van der Waals surface area contributed by atoms with Gasteiger partial charge >= 0.3 is 5.97 Å². The molecular formula is C30H39FN2O4SSi. The van der Waals surface area contributed by atoms with Crippen molar-refractivity contribution in [3.05, 3.63) is 89.6 Å². The molecule has 1 atom stereocenters. The average Bonchev–Trinajstić information content (AvgIpc) is 3.54. The number of fused-ring (bicyclic) bond motifs is 1. The third kappa shape index (κ3) is 6.89. The van der Waals surface area contributed by atoms with Gasteiger partial charge in [-0.1, -0.05) is 57.1 Å². The molecule has 2 heterocycles. The van der Waals surface area contributed by atoms with Crippen molar-refractivity contribution in [2.45, 2.75) is 69.4 Å². The molecule has 4 aromatic rings. The van der Waals surface area contributed by atoms with Gasteiger partial charge in [-0.3, -0.25) is 4.79 Å². The molecule has 0 saturated carbocycles. The van der Waals surface area contributed by atoms with Gasteiger partial charge in [-0.15, -0.1) is 0 Å². The van der Waals surface area contributed by atoms with E-state index in [4.69, 9.17) is 4.74 Å². The minimum absolute atomic E-state index is 0.107. The zero-order chi connectivity index (χ0) is 28.6.